The molecule has 0 atom stereocenters. The Kier molecular flexibility index (Phi) is 4.77. The van der Waals surface area contributed by atoms with Crippen LogP contribution in [0.5, 0.6) is 0 Å². The Labute approximate surface area is 156 Å². The van der Waals surface area contributed by atoms with Crippen molar-refractivity contribution in [3.8, 4) is 0 Å². The number of likely N-dealkylation sites (N-methyl/N-ethyl adjacent to an activating group) is 1. The monoisotopic (exact) mass is 397 g/mol. The molecule has 0 aromatic heterocycles. The quantitative estimate of drug-likeness (QED) is 0.612. The summed E-state index contributed by atoms with van der Waals surface area (Å²) in [4.78, 5) is 14.3. The number of carbonyl (C=O) groups excluding carboxylic acids is 1. The number of nitrogens with one attached hydrogen (secondary N) is 1. The number of hydrogen-bond donors (Lipinski definition) is 1. The van der Waals surface area contributed by atoms with Crippen LogP contribution in [-0.4, -0.2) is 19.2 Å². The number of rotatable bonds is 3. The maximum atomic E-state index is 12.1. The lowest BCUT2D eigenvalue weighted by Gasteiger charge is -2.23. The first-order chi connectivity index (χ1) is 11.9. The topological polar surface area (TPSA) is 44.7 Å². The standard InChI is InChI=1S/C20H20BrN3O/c1-20(2)15-9-5-7-11-17(15)24(3)18(20)12-13-22-23-19(25)14-8-4-6-10-16(14)21/h4-13H,1-3H3,(H,23,25)/b18-12-,22-13+. The summed E-state index contributed by atoms with van der Waals surface area (Å²) in [5.41, 5.74) is 6.63. The fraction of sp³-hybridized carbons (Fsp3) is 0.200. The first kappa shape index (κ1) is 17.4. The summed E-state index contributed by atoms with van der Waals surface area (Å²) in [6, 6.07) is 15.6. The van der Waals surface area contributed by atoms with Gasteiger partial charge in [0.2, 0.25) is 0 Å². The molecule has 25 heavy (non-hydrogen) atoms. The number of benzene rings is 2. The molecule has 0 bridgehead atoms. The highest BCUT2D eigenvalue weighted by Crippen LogP contribution is 2.46. The summed E-state index contributed by atoms with van der Waals surface area (Å²) in [5, 5.41) is 4.07. The lowest BCUT2D eigenvalue weighted by Crippen LogP contribution is -2.23. The zero-order valence-electron chi connectivity index (χ0n) is 14.5. The first-order valence-corrected chi connectivity index (χ1v) is 8.84. The Bertz CT molecular complexity index is 871. The molecule has 0 saturated heterocycles. The predicted octanol–water partition coefficient (Wildman–Crippen LogP) is 4.48. The number of hydrazone groups is 1. The van der Waals surface area contributed by atoms with Crippen molar-refractivity contribution in [2.24, 2.45) is 5.10 Å². The van der Waals surface area contributed by atoms with Crippen molar-refractivity contribution in [2.75, 3.05) is 11.9 Å². The van der Waals surface area contributed by atoms with Crippen molar-refractivity contribution >= 4 is 33.7 Å². The van der Waals surface area contributed by atoms with Crippen molar-refractivity contribution in [1.82, 2.24) is 5.43 Å². The molecule has 5 heteroatoms. The van der Waals surface area contributed by atoms with Crippen LogP contribution in [0.1, 0.15) is 29.8 Å². The van der Waals surface area contributed by atoms with Crippen molar-refractivity contribution in [2.45, 2.75) is 19.3 Å². The third-order valence-corrected chi connectivity index (χ3v) is 5.22. The van der Waals surface area contributed by atoms with Gasteiger partial charge < -0.3 is 4.90 Å². The van der Waals surface area contributed by atoms with E-state index in [1.165, 1.54) is 11.3 Å². The highest BCUT2D eigenvalue weighted by atomic mass is 79.9. The van der Waals surface area contributed by atoms with Crippen molar-refractivity contribution in [3.05, 3.63) is 75.9 Å². The van der Waals surface area contributed by atoms with Gasteiger partial charge in [-0.05, 0) is 45.8 Å². The zero-order chi connectivity index (χ0) is 18.0. The smallest absolute Gasteiger partial charge is 0.272 e. The van der Waals surface area contributed by atoms with E-state index in [9.17, 15) is 4.79 Å². The normalized spacial score (nSPS) is 17.1. The summed E-state index contributed by atoms with van der Waals surface area (Å²) in [6.45, 7) is 4.38. The van der Waals surface area contributed by atoms with E-state index in [2.05, 4.69) is 63.4 Å². The summed E-state index contributed by atoms with van der Waals surface area (Å²) in [7, 11) is 2.05. The third kappa shape index (κ3) is 3.24. The van der Waals surface area contributed by atoms with Crippen LogP contribution in [0.2, 0.25) is 0 Å². The molecule has 2 aromatic carbocycles. The van der Waals surface area contributed by atoms with Crippen LogP contribution < -0.4 is 10.3 Å². The molecule has 0 spiro atoms. The fourth-order valence-corrected chi connectivity index (χ4v) is 3.68. The van der Waals surface area contributed by atoms with Crippen LogP contribution in [0.25, 0.3) is 0 Å². The van der Waals surface area contributed by atoms with Gasteiger partial charge in [-0.25, -0.2) is 5.43 Å². The predicted molar refractivity (Wildman–Crippen MR) is 106 cm³/mol. The molecule has 0 aliphatic carbocycles. The van der Waals surface area contributed by atoms with E-state index >= 15 is 0 Å². The molecule has 1 amide bonds. The molecule has 0 saturated carbocycles. The molecular formula is C20H20BrN3O. The van der Waals surface area contributed by atoms with E-state index in [0.717, 1.165) is 10.2 Å². The van der Waals surface area contributed by atoms with Crippen LogP contribution in [0.4, 0.5) is 5.69 Å². The number of nitrogens with zero attached hydrogens (tertiary/aromatic N) is 2. The first-order valence-electron chi connectivity index (χ1n) is 8.05. The highest BCUT2D eigenvalue weighted by molar-refractivity contribution is 9.10. The zero-order valence-corrected chi connectivity index (χ0v) is 16.0. The van der Waals surface area contributed by atoms with Gasteiger partial charge in [-0.2, -0.15) is 5.10 Å². The minimum absolute atomic E-state index is 0.107. The Balaban J connectivity index is 1.75. The van der Waals surface area contributed by atoms with E-state index in [0.29, 0.717) is 5.56 Å². The van der Waals surface area contributed by atoms with Crippen LogP contribution in [0, 0.1) is 0 Å². The third-order valence-electron chi connectivity index (χ3n) is 4.53. The van der Waals surface area contributed by atoms with Crippen LogP contribution in [-0.2, 0) is 5.41 Å². The van der Waals surface area contributed by atoms with Crippen molar-refractivity contribution < 1.29 is 4.79 Å². The maximum Gasteiger partial charge on any atom is 0.272 e. The molecule has 1 aliphatic rings. The van der Waals surface area contributed by atoms with Gasteiger partial charge >= 0.3 is 0 Å². The lowest BCUT2D eigenvalue weighted by atomic mass is 9.84. The molecule has 0 fully saturated rings. The average molecular weight is 398 g/mol. The number of fused-ring (bicyclic) bond motifs is 1. The Morgan fingerprint density at radius 3 is 2.56 bits per heavy atom. The van der Waals surface area contributed by atoms with Crippen molar-refractivity contribution in [1.29, 1.82) is 0 Å². The number of hydrogen-bond acceptors (Lipinski definition) is 3. The van der Waals surface area contributed by atoms with E-state index in [4.69, 9.17) is 0 Å². The average Bonchev–Trinajstić information content (AvgIpc) is 2.79. The van der Waals surface area contributed by atoms with Gasteiger partial charge in [-0.15, -0.1) is 0 Å². The summed E-state index contributed by atoms with van der Waals surface area (Å²) in [6.07, 6.45) is 3.58. The number of halogens is 1. The number of anilines is 1. The van der Waals surface area contributed by atoms with Gasteiger partial charge in [0.15, 0.2) is 0 Å². The number of amides is 1. The second-order valence-corrected chi connectivity index (χ2v) is 7.31. The van der Waals surface area contributed by atoms with Crippen molar-refractivity contribution in [3.63, 3.8) is 0 Å². The largest absolute Gasteiger partial charge is 0.347 e. The summed E-state index contributed by atoms with van der Waals surface area (Å²) < 4.78 is 0.744. The molecule has 1 heterocycles. The van der Waals surface area contributed by atoms with E-state index in [-0.39, 0.29) is 11.3 Å². The molecular weight excluding hydrogens is 378 g/mol. The Morgan fingerprint density at radius 1 is 1.16 bits per heavy atom. The molecule has 4 nitrogen and oxygen atoms in total. The molecule has 1 aliphatic heterocycles. The molecule has 0 unspecified atom stereocenters. The minimum Gasteiger partial charge on any atom is -0.347 e. The SMILES string of the molecule is CN1/C(=C\C=N\NC(=O)c2ccccc2Br)C(C)(C)c2ccccc21. The Morgan fingerprint density at radius 2 is 1.84 bits per heavy atom. The number of allylic oxidation sites excluding steroid dienone is 2. The van der Waals surface area contributed by atoms with Gasteiger partial charge in [0.05, 0.1) is 5.56 Å². The molecule has 1 N–H and O–H groups in total. The van der Waals surface area contributed by atoms with Gasteiger partial charge in [0, 0.05) is 34.5 Å². The van der Waals surface area contributed by atoms with E-state index in [1.54, 1.807) is 12.3 Å². The number of para-hydroxylation sites is 1. The Hall–Kier alpha value is -2.40. The molecule has 128 valence electrons. The van der Waals surface area contributed by atoms with Gasteiger partial charge in [0.25, 0.3) is 5.91 Å². The van der Waals surface area contributed by atoms with Gasteiger partial charge in [-0.3, -0.25) is 4.79 Å². The second kappa shape index (κ2) is 6.84. The fourth-order valence-electron chi connectivity index (χ4n) is 3.21. The van der Waals surface area contributed by atoms with Crippen LogP contribution in [0.15, 0.2) is 69.9 Å². The molecule has 2 aromatic rings. The van der Waals surface area contributed by atoms with E-state index < -0.39 is 0 Å². The summed E-state index contributed by atoms with van der Waals surface area (Å²) >= 11 is 3.37. The van der Waals surface area contributed by atoms with Crippen LogP contribution >= 0.6 is 15.9 Å². The lowest BCUT2D eigenvalue weighted by molar-refractivity contribution is 0.0954. The summed E-state index contributed by atoms with van der Waals surface area (Å²) in [5.74, 6) is -0.246. The van der Waals surface area contributed by atoms with Gasteiger partial charge in [0.1, 0.15) is 0 Å². The molecule has 3 rings (SSSR count). The molecule has 0 radical (unpaired) electrons. The van der Waals surface area contributed by atoms with Gasteiger partial charge in [-0.1, -0.05) is 44.2 Å². The highest BCUT2D eigenvalue weighted by Gasteiger charge is 2.37. The second-order valence-electron chi connectivity index (χ2n) is 6.45. The maximum absolute atomic E-state index is 12.1. The number of carbonyl (C=O) groups is 1. The van der Waals surface area contributed by atoms with Crippen LogP contribution in [0.3, 0.4) is 0 Å². The van der Waals surface area contributed by atoms with E-state index in [1.807, 2.05) is 37.4 Å². The minimum atomic E-state index is -0.246.